The number of benzene rings is 1. The summed E-state index contributed by atoms with van der Waals surface area (Å²) in [5.41, 5.74) is 6.80. The van der Waals surface area contributed by atoms with Crippen LogP contribution in [0.3, 0.4) is 0 Å². The van der Waals surface area contributed by atoms with Crippen molar-refractivity contribution in [3.05, 3.63) is 23.8 Å². The number of carbonyl (C=O) groups is 1. The van der Waals surface area contributed by atoms with Crippen LogP contribution in [0.2, 0.25) is 0 Å². The van der Waals surface area contributed by atoms with Crippen LogP contribution in [0.25, 0.3) is 0 Å². The summed E-state index contributed by atoms with van der Waals surface area (Å²) in [5.74, 6) is 1.61. The number of hydrogen-bond acceptors (Lipinski definition) is 4. The normalized spacial score (nSPS) is 10.4. The molecule has 1 rings (SSSR count). The molecule has 0 saturated heterocycles. The first-order valence-corrected chi connectivity index (χ1v) is 8.88. The Morgan fingerprint density at radius 2 is 2.05 bits per heavy atom. The van der Waals surface area contributed by atoms with E-state index in [2.05, 4.69) is 11.6 Å². The number of anilines is 1. The lowest BCUT2D eigenvalue weighted by molar-refractivity contribution is 0.0950. The number of nitrogen functional groups attached to an aromatic ring is 1. The van der Waals surface area contributed by atoms with Crippen molar-refractivity contribution in [2.75, 3.05) is 30.9 Å². The molecule has 0 fully saturated rings. The van der Waals surface area contributed by atoms with E-state index >= 15 is 0 Å². The number of rotatable bonds is 10. The average molecular weight is 310 g/mol. The van der Waals surface area contributed by atoms with Gasteiger partial charge in [0.25, 0.3) is 5.91 Å². The highest BCUT2D eigenvalue weighted by molar-refractivity contribution is 7.98. The van der Waals surface area contributed by atoms with Crippen LogP contribution in [0.15, 0.2) is 18.2 Å². The molecule has 1 aromatic carbocycles. The van der Waals surface area contributed by atoms with Crippen molar-refractivity contribution in [1.82, 2.24) is 5.32 Å². The first kappa shape index (κ1) is 17.7. The highest BCUT2D eigenvalue weighted by Crippen LogP contribution is 2.24. The number of nitrogens with one attached hydrogen (secondary N) is 1. The van der Waals surface area contributed by atoms with E-state index < -0.39 is 0 Å². The van der Waals surface area contributed by atoms with Gasteiger partial charge >= 0.3 is 0 Å². The standard InChI is InChI=1S/C16H26N2O2S/c1-3-20-14-10-8-9-13(17)15(14)16(19)18-11-6-4-5-7-12-21-2/h8-10H,3-7,11-12,17H2,1-2H3,(H,18,19). The molecule has 4 nitrogen and oxygen atoms in total. The van der Waals surface area contributed by atoms with E-state index in [1.807, 2.05) is 18.7 Å². The van der Waals surface area contributed by atoms with Crippen molar-refractivity contribution < 1.29 is 9.53 Å². The highest BCUT2D eigenvalue weighted by Gasteiger charge is 2.15. The van der Waals surface area contributed by atoms with Crippen LogP contribution in [0.5, 0.6) is 5.75 Å². The van der Waals surface area contributed by atoms with E-state index in [1.165, 1.54) is 18.6 Å². The fraction of sp³-hybridized carbons (Fsp3) is 0.562. The van der Waals surface area contributed by atoms with Gasteiger partial charge in [0, 0.05) is 12.2 Å². The van der Waals surface area contributed by atoms with Crippen molar-refractivity contribution >= 4 is 23.4 Å². The van der Waals surface area contributed by atoms with Gasteiger partial charge in [-0.2, -0.15) is 11.8 Å². The topological polar surface area (TPSA) is 64.3 Å². The molecule has 0 unspecified atom stereocenters. The monoisotopic (exact) mass is 310 g/mol. The summed E-state index contributed by atoms with van der Waals surface area (Å²) < 4.78 is 5.47. The molecule has 0 aliphatic carbocycles. The second-order valence-electron chi connectivity index (χ2n) is 4.82. The molecule has 0 saturated carbocycles. The molecule has 3 N–H and O–H groups in total. The van der Waals surface area contributed by atoms with Gasteiger partial charge in [-0.25, -0.2) is 0 Å². The predicted octanol–water partition coefficient (Wildman–Crippen LogP) is 3.32. The largest absolute Gasteiger partial charge is 0.493 e. The number of ether oxygens (including phenoxy) is 1. The highest BCUT2D eigenvalue weighted by atomic mass is 32.2. The van der Waals surface area contributed by atoms with Gasteiger partial charge in [-0.1, -0.05) is 18.9 Å². The summed E-state index contributed by atoms with van der Waals surface area (Å²) in [6.45, 7) is 3.08. The minimum absolute atomic E-state index is 0.152. The quantitative estimate of drug-likeness (QED) is 0.514. The zero-order chi connectivity index (χ0) is 15.5. The molecule has 0 radical (unpaired) electrons. The number of carbonyl (C=O) groups excluding carboxylic acids is 1. The molecule has 0 aliphatic heterocycles. The third kappa shape index (κ3) is 6.29. The molecule has 0 heterocycles. The van der Waals surface area contributed by atoms with E-state index in [9.17, 15) is 4.79 Å². The fourth-order valence-electron chi connectivity index (χ4n) is 2.08. The summed E-state index contributed by atoms with van der Waals surface area (Å²) >= 11 is 1.88. The summed E-state index contributed by atoms with van der Waals surface area (Å²) in [6.07, 6.45) is 6.73. The Bertz CT molecular complexity index is 438. The van der Waals surface area contributed by atoms with Gasteiger partial charge in [-0.3, -0.25) is 4.79 Å². The van der Waals surface area contributed by atoms with Crippen LogP contribution in [0.1, 0.15) is 43.0 Å². The zero-order valence-corrected chi connectivity index (χ0v) is 13.8. The van der Waals surface area contributed by atoms with Gasteiger partial charge in [0.2, 0.25) is 0 Å². The maximum Gasteiger partial charge on any atom is 0.257 e. The molecule has 0 bridgehead atoms. The Balaban J connectivity index is 2.41. The third-order valence-corrected chi connectivity index (χ3v) is 3.84. The van der Waals surface area contributed by atoms with Crippen LogP contribution >= 0.6 is 11.8 Å². The van der Waals surface area contributed by atoms with Crippen LogP contribution in [-0.4, -0.2) is 31.1 Å². The molecule has 1 amide bonds. The SMILES string of the molecule is CCOc1cccc(N)c1C(=O)NCCCCCCSC. The number of unbranched alkanes of at least 4 members (excludes halogenated alkanes) is 3. The lowest BCUT2D eigenvalue weighted by Crippen LogP contribution is -2.26. The minimum atomic E-state index is -0.152. The van der Waals surface area contributed by atoms with Gasteiger partial charge < -0.3 is 15.8 Å². The van der Waals surface area contributed by atoms with Gasteiger partial charge in [0.1, 0.15) is 11.3 Å². The van der Waals surface area contributed by atoms with E-state index in [1.54, 1.807) is 18.2 Å². The maximum atomic E-state index is 12.2. The number of amides is 1. The first-order valence-electron chi connectivity index (χ1n) is 7.49. The van der Waals surface area contributed by atoms with Gasteiger partial charge in [0.05, 0.1) is 6.61 Å². The minimum Gasteiger partial charge on any atom is -0.493 e. The second-order valence-corrected chi connectivity index (χ2v) is 5.80. The van der Waals surface area contributed by atoms with Crippen LogP contribution < -0.4 is 15.8 Å². The lowest BCUT2D eigenvalue weighted by atomic mass is 10.1. The van der Waals surface area contributed by atoms with Gasteiger partial charge in [0.15, 0.2) is 0 Å². The smallest absolute Gasteiger partial charge is 0.257 e. The van der Waals surface area contributed by atoms with E-state index in [0.717, 1.165) is 12.8 Å². The summed E-state index contributed by atoms with van der Waals surface area (Å²) in [5, 5.41) is 2.93. The molecule has 5 heteroatoms. The number of hydrogen-bond donors (Lipinski definition) is 2. The second kappa shape index (κ2) is 10.4. The van der Waals surface area contributed by atoms with Crippen molar-refractivity contribution in [2.45, 2.75) is 32.6 Å². The molecule has 0 aromatic heterocycles. The van der Waals surface area contributed by atoms with E-state index in [-0.39, 0.29) is 5.91 Å². The summed E-state index contributed by atoms with van der Waals surface area (Å²) in [6, 6.07) is 5.29. The Morgan fingerprint density at radius 1 is 1.29 bits per heavy atom. The van der Waals surface area contributed by atoms with Crippen molar-refractivity contribution in [3.8, 4) is 5.75 Å². The van der Waals surface area contributed by atoms with Gasteiger partial charge in [-0.15, -0.1) is 0 Å². The Kier molecular flexibility index (Phi) is 8.74. The Morgan fingerprint density at radius 3 is 2.76 bits per heavy atom. The molecule has 1 aromatic rings. The average Bonchev–Trinajstić information content (AvgIpc) is 2.46. The van der Waals surface area contributed by atoms with E-state index in [0.29, 0.717) is 30.2 Å². The van der Waals surface area contributed by atoms with Crippen molar-refractivity contribution in [2.24, 2.45) is 0 Å². The third-order valence-electron chi connectivity index (χ3n) is 3.15. The molecule has 21 heavy (non-hydrogen) atoms. The predicted molar refractivity (Wildman–Crippen MR) is 91.2 cm³/mol. The zero-order valence-electron chi connectivity index (χ0n) is 13.0. The van der Waals surface area contributed by atoms with Crippen molar-refractivity contribution in [1.29, 1.82) is 0 Å². The van der Waals surface area contributed by atoms with Crippen LogP contribution in [-0.2, 0) is 0 Å². The summed E-state index contributed by atoms with van der Waals surface area (Å²) in [7, 11) is 0. The molecule has 0 spiro atoms. The molecule has 0 aliphatic rings. The Labute approximate surface area is 131 Å². The van der Waals surface area contributed by atoms with Crippen LogP contribution in [0, 0.1) is 0 Å². The van der Waals surface area contributed by atoms with Gasteiger partial charge in [-0.05, 0) is 43.9 Å². The van der Waals surface area contributed by atoms with E-state index in [4.69, 9.17) is 10.5 Å². The van der Waals surface area contributed by atoms with Crippen molar-refractivity contribution in [3.63, 3.8) is 0 Å². The first-order chi connectivity index (χ1) is 10.2. The number of nitrogens with two attached hydrogens (primary N) is 1. The maximum absolute atomic E-state index is 12.2. The summed E-state index contributed by atoms with van der Waals surface area (Å²) in [4.78, 5) is 12.2. The molecular formula is C16H26N2O2S. The molecule has 118 valence electrons. The molecular weight excluding hydrogens is 284 g/mol. The lowest BCUT2D eigenvalue weighted by Gasteiger charge is -2.12. The molecule has 0 atom stereocenters. The fourth-order valence-corrected chi connectivity index (χ4v) is 2.57. The van der Waals surface area contributed by atoms with Crippen LogP contribution in [0.4, 0.5) is 5.69 Å². The number of thioether (sulfide) groups is 1. The Hall–Kier alpha value is -1.36.